The van der Waals surface area contributed by atoms with E-state index in [0.717, 1.165) is 23.1 Å². The molecule has 0 saturated carbocycles. The number of benzene rings is 1. The summed E-state index contributed by atoms with van der Waals surface area (Å²) in [5.74, 6) is 0.734. The summed E-state index contributed by atoms with van der Waals surface area (Å²) in [4.78, 5) is 12.2. The summed E-state index contributed by atoms with van der Waals surface area (Å²) < 4.78 is 7.23. The third-order valence-electron chi connectivity index (χ3n) is 3.46. The van der Waals surface area contributed by atoms with Crippen molar-refractivity contribution in [2.75, 3.05) is 7.11 Å². The van der Waals surface area contributed by atoms with Gasteiger partial charge >= 0.3 is 0 Å². The van der Waals surface area contributed by atoms with Crippen LogP contribution in [-0.4, -0.2) is 23.6 Å². The van der Waals surface area contributed by atoms with E-state index in [9.17, 15) is 4.79 Å². The molecule has 1 heterocycles. The van der Waals surface area contributed by atoms with Crippen LogP contribution >= 0.6 is 0 Å². The fraction of sp³-hybridized carbons (Fsp3) is 0.400. The number of amides is 1. The maximum Gasteiger partial charge on any atom is 0.268 e. The molecule has 1 unspecified atom stereocenters. The van der Waals surface area contributed by atoms with E-state index < -0.39 is 0 Å². The highest BCUT2D eigenvalue weighted by molar-refractivity contribution is 6.00. The standard InChI is InChI=1S/C15H20N2O2/c1-5-10(2)16-15(18)12-9-11-7-6-8-13(19-4)14(11)17(12)3/h6-10H,5H2,1-4H3,(H,16,18). The number of ether oxygens (including phenoxy) is 1. The highest BCUT2D eigenvalue weighted by Gasteiger charge is 2.16. The Kier molecular flexibility index (Phi) is 3.79. The van der Waals surface area contributed by atoms with Gasteiger partial charge in [-0.2, -0.15) is 0 Å². The molecule has 1 aromatic carbocycles. The van der Waals surface area contributed by atoms with Crippen LogP contribution in [0.4, 0.5) is 0 Å². The number of para-hydroxylation sites is 1. The number of fused-ring (bicyclic) bond motifs is 1. The molecule has 19 heavy (non-hydrogen) atoms. The zero-order valence-corrected chi connectivity index (χ0v) is 11.9. The van der Waals surface area contributed by atoms with Gasteiger partial charge in [-0.05, 0) is 25.5 Å². The molecule has 0 aliphatic heterocycles. The Morgan fingerprint density at radius 2 is 2.21 bits per heavy atom. The number of nitrogens with zero attached hydrogens (tertiary/aromatic N) is 1. The first-order valence-corrected chi connectivity index (χ1v) is 6.51. The Bertz CT molecular complexity index is 601. The van der Waals surface area contributed by atoms with Crippen LogP contribution in [0.1, 0.15) is 30.8 Å². The first-order valence-electron chi connectivity index (χ1n) is 6.51. The maximum absolute atomic E-state index is 12.2. The summed E-state index contributed by atoms with van der Waals surface area (Å²) in [6.45, 7) is 4.05. The summed E-state index contributed by atoms with van der Waals surface area (Å²) >= 11 is 0. The van der Waals surface area contributed by atoms with E-state index in [1.807, 2.05) is 42.8 Å². The fourth-order valence-corrected chi connectivity index (χ4v) is 2.16. The second-order valence-corrected chi connectivity index (χ2v) is 4.77. The van der Waals surface area contributed by atoms with E-state index >= 15 is 0 Å². The molecule has 0 aliphatic rings. The van der Waals surface area contributed by atoms with Gasteiger partial charge in [-0.3, -0.25) is 4.79 Å². The van der Waals surface area contributed by atoms with E-state index in [1.54, 1.807) is 7.11 Å². The van der Waals surface area contributed by atoms with Crippen LogP contribution in [0.3, 0.4) is 0 Å². The predicted molar refractivity (Wildman–Crippen MR) is 76.7 cm³/mol. The average molecular weight is 260 g/mol. The molecule has 0 aliphatic carbocycles. The van der Waals surface area contributed by atoms with Crippen LogP contribution in [0.25, 0.3) is 10.9 Å². The van der Waals surface area contributed by atoms with Gasteiger partial charge < -0.3 is 14.6 Å². The fourth-order valence-electron chi connectivity index (χ4n) is 2.16. The number of carbonyl (C=O) groups is 1. The lowest BCUT2D eigenvalue weighted by Crippen LogP contribution is -2.33. The third-order valence-corrected chi connectivity index (χ3v) is 3.46. The molecule has 4 nitrogen and oxygen atoms in total. The van der Waals surface area contributed by atoms with Crippen LogP contribution in [0.2, 0.25) is 0 Å². The number of methoxy groups -OCH3 is 1. The normalized spacial score (nSPS) is 12.4. The van der Waals surface area contributed by atoms with Gasteiger partial charge in [0.05, 0.1) is 12.6 Å². The van der Waals surface area contributed by atoms with Gasteiger partial charge in [0.1, 0.15) is 11.4 Å². The quantitative estimate of drug-likeness (QED) is 0.918. The summed E-state index contributed by atoms with van der Waals surface area (Å²) in [7, 11) is 3.52. The molecule has 102 valence electrons. The van der Waals surface area contributed by atoms with Crippen molar-refractivity contribution in [3.63, 3.8) is 0 Å². The second-order valence-electron chi connectivity index (χ2n) is 4.77. The number of aromatic nitrogens is 1. The summed E-state index contributed by atoms with van der Waals surface area (Å²) in [5.41, 5.74) is 1.60. The van der Waals surface area contributed by atoms with Crippen LogP contribution in [-0.2, 0) is 7.05 Å². The topological polar surface area (TPSA) is 43.3 Å². The average Bonchev–Trinajstić information content (AvgIpc) is 2.76. The van der Waals surface area contributed by atoms with Crippen molar-refractivity contribution in [2.45, 2.75) is 26.3 Å². The first kappa shape index (κ1) is 13.5. The van der Waals surface area contributed by atoms with Crippen LogP contribution in [0, 0.1) is 0 Å². The Hall–Kier alpha value is -1.97. The smallest absolute Gasteiger partial charge is 0.268 e. The number of rotatable bonds is 4. The number of aryl methyl sites for hydroxylation is 1. The van der Waals surface area contributed by atoms with E-state index in [4.69, 9.17) is 4.74 Å². The van der Waals surface area contributed by atoms with Gasteiger partial charge in [-0.25, -0.2) is 0 Å². The zero-order chi connectivity index (χ0) is 14.0. The van der Waals surface area contributed by atoms with Crippen LogP contribution in [0.5, 0.6) is 5.75 Å². The second kappa shape index (κ2) is 5.34. The van der Waals surface area contributed by atoms with E-state index in [1.165, 1.54) is 0 Å². The third kappa shape index (κ3) is 2.43. The number of hydrogen-bond donors (Lipinski definition) is 1. The number of nitrogens with one attached hydrogen (secondary N) is 1. The Morgan fingerprint density at radius 1 is 1.47 bits per heavy atom. The molecule has 1 aromatic heterocycles. The molecule has 1 atom stereocenters. The number of carbonyl (C=O) groups excluding carboxylic acids is 1. The molecule has 0 saturated heterocycles. The van der Waals surface area contributed by atoms with E-state index in [2.05, 4.69) is 12.2 Å². The van der Waals surface area contributed by atoms with Crippen LogP contribution < -0.4 is 10.1 Å². The monoisotopic (exact) mass is 260 g/mol. The van der Waals surface area contributed by atoms with Crippen molar-refractivity contribution in [1.29, 1.82) is 0 Å². The van der Waals surface area contributed by atoms with Crippen molar-refractivity contribution in [1.82, 2.24) is 9.88 Å². The predicted octanol–water partition coefficient (Wildman–Crippen LogP) is 2.72. The highest BCUT2D eigenvalue weighted by Crippen LogP contribution is 2.27. The molecule has 0 fully saturated rings. The Morgan fingerprint density at radius 3 is 2.84 bits per heavy atom. The summed E-state index contributed by atoms with van der Waals surface area (Å²) in [5, 5.41) is 3.99. The molecule has 1 N–H and O–H groups in total. The molecule has 4 heteroatoms. The number of hydrogen-bond acceptors (Lipinski definition) is 2. The first-order chi connectivity index (χ1) is 9.08. The molecule has 1 amide bonds. The van der Waals surface area contributed by atoms with Crippen LogP contribution in [0.15, 0.2) is 24.3 Å². The van der Waals surface area contributed by atoms with Crippen molar-refractivity contribution in [3.8, 4) is 5.75 Å². The van der Waals surface area contributed by atoms with Gasteiger partial charge in [0.2, 0.25) is 0 Å². The van der Waals surface area contributed by atoms with Gasteiger partial charge in [-0.15, -0.1) is 0 Å². The largest absolute Gasteiger partial charge is 0.495 e. The minimum absolute atomic E-state index is 0.0462. The molecular formula is C15H20N2O2. The van der Waals surface area contributed by atoms with E-state index in [-0.39, 0.29) is 11.9 Å². The Labute approximate surface area is 113 Å². The molecule has 0 radical (unpaired) electrons. The molecule has 2 aromatic rings. The minimum atomic E-state index is -0.0462. The van der Waals surface area contributed by atoms with Gasteiger partial charge in [-0.1, -0.05) is 19.1 Å². The summed E-state index contributed by atoms with van der Waals surface area (Å²) in [6.07, 6.45) is 0.916. The lowest BCUT2D eigenvalue weighted by molar-refractivity contribution is 0.0931. The molecule has 0 bridgehead atoms. The lowest BCUT2D eigenvalue weighted by Gasteiger charge is -2.12. The van der Waals surface area contributed by atoms with Gasteiger partial charge in [0.15, 0.2) is 0 Å². The van der Waals surface area contributed by atoms with Crippen molar-refractivity contribution < 1.29 is 9.53 Å². The molecule has 0 spiro atoms. The lowest BCUT2D eigenvalue weighted by atomic mass is 10.2. The zero-order valence-electron chi connectivity index (χ0n) is 11.9. The van der Waals surface area contributed by atoms with Crippen molar-refractivity contribution in [2.24, 2.45) is 7.05 Å². The molecular weight excluding hydrogens is 240 g/mol. The summed E-state index contributed by atoms with van der Waals surface area (Å²) in [6, 6.07) is 7.89. The van der Waals surface area contributed by atoms with Gasteiger partial charge in [0.25, 0.3) is 5.91 Å². The SMILES string of the molecule is CCC(C)NC(=O)c1cc2cccc(OC)c2n1C. The molecule has 2 rings (SSSR count). The van der Waals surface area contributed by atoms with E-state index in [0.29, 0.717) is 5.69 Å². The highest BCUT2D eigenvalue weighted by atomic mass is 16.5. The minimum Gasteiger partial charge on any atom is -0.495 e. The Balaban J connectivity index is 2.45. The van der Waals surface area contributed by atoms with Crippen molar-refractivity contribution >= 4 is 16.8 Å². The maximum atomic E-state index is 12.2. The van der Waals surface area contributed by atoms with Crippen molar-refractivity contribution in [3.05, 3.63) is 30.0 Å². The van der Waals surface area contributed by atoms with Gasteiger partial charge in [0, 0.05) is 18.5 Å².